The Morgan fingerprint density at radius 2 is 2.00 bits per heavy atom. The maximum Gasteiger partial charge on any atom is 0.272 e. The third kappa shape index (κ3) is 5.28. The van der Waals surface area contributed by atoms with Crippen LogP contribution in [0.2, 0.25) is 0 Å². The topological polar surface area (TPSA) is 78.4 Å². The number of pyridine rings is 2. The van der Waals surface area contributed by atoms with Crippen LogP contribution in [-0.4, -0.2) is 64.8 Å². The first-order valence-corrected chi connectivity index (χ1v) is 9.68. The maximum atomic E-state index is 12.9. The summed E-state index contributed by atoms with van der Waals surface area (Å²) < 4.78 is 0. The number of rotatable bonds is 1. The van der Waals surface area contributed by atoms with Crippen molar-refractivity contribution in [1.82, 2.24) is 19.8 Å². The molecule has 7 heteroatoms. The van der Waals surface area contributed by atoms with Crippen molar-refractivity contribution >= 4 is 17.6 Å². The van der Waals surface area contributed by atoms with Gasteiger partial charge >= 0.3 is 0 Å². The number of carbonyl (C=O) groups excluding carboxylic acids is 2. The summed E-state index contributed by atoms with van der Waals surface area (Å²) in [4.78, 5) is 37.6. The highest BCUT2D eigenvalue weighted by atomic mass is 16.2. The summed E-state index contributed by atoms with van der Waals surface area (Å²) in [5, 5.41) is 3.26. The van der Waals surface area contributed by atoms with Gasteiger partial charge in [0.25, 0.3) is 5.91 Å². The standard InChI is InChI=1S/C21H27N5O2/c1-16-9-10-18(23-14-16)21(28)26-12-4-3-6-17-7-5-8-19(24-17)22-11-13-25(2)20(27)15-26/h5,7-10,14H,3-4,6,11-13,15H2,1-2H3,(H,22,24). The quantitative estimate of drug-likeness (QED) is 0.819. The molecule has 2 aromatic heterocycles. The number of aryl methyl sites for hydroxylation is 2. The van der Waals surface area contributed by atoms with Gasteiger partial charge in [-0.1, -0.05) is 12.1 Å². The summed E-state index contributed by atoms with van der Waals surface area (Å²) >= 11 is 0. The zero-order valence-electron chi connectivity index (χ0n) is 16.5. The molecule has 1 aliphatic heterocycles. The van der Waals surface area contributed by atoms with E-state index in [4.69, 9.17) is 0 Å². The SMILES string of the molecule is Cc1ccc(C(=O)N2CCCCc3cccc(n3)NCCN(C)C(=O)C2)nc1. The Morgan fingerprint density at radius 1 is 1.14 bits per heavy atom. The molecule has 2 amide bonds. The minimum Gasteiger partial charge on any atom is -0.368 e. The zero-order valence-corrected chi connectivity index (χ0v) is 16.5. The van der Waals surface area contributed by atoms with Gasteiger partial charge in [-0.2, -0.15) is 0 Å². The minimum atomic E-state index is -0.202. The molecule has 0 unspecified atom stereocenters. The molecular weight excluding hydrogens is 354 g/mol. The molecule has 0 fully saturated rings. The van der Waals surface area contributed by atoms with E-state index in [2.05, 4.69) is 15.3 Å². The van der Waals surface area contributed by atoms with E-state index in [1.807, 2.05) is 31.2 Å². The number of nitrogens with one attached hydrogen (secondary N) is 1. The molecule has 3 heterocycles. The molecule has 0 atom stereocenters. The predicted molar refractivity (Wildman–Crippen MR) is 108 cm³/mol. The molecule has 2 aromatic rings. The lowest BCUT2D eigenvalue weighted by molar-refractivity contribution is -0.130. The monoisotopic (exact) mass is 381 g/mol. The lowest BCUT2D eigenvalue weighted by atomic mass is 10.1. The van der Waals surface area contributed by atoms with Crippen molar-refractivity contribution in [3.05, 3.63) is 53.5 Å². The summed E-state index contributed by atoms with van der Waals surface area (Å²) in [6.07, 6.45) is 4.21. The third-order valence-corrected chi connectivity index (χ3v) is 4.84. The number of aromatic nitrogens is 2. The van der Waals surface area contributed by atoms with E-state index in [0.29, 0.717) is 25.3 Å². The zero-order chi connectivity index (χ0) is 19.9. The molecule has 7 nitrogen and oxygen atoms in total. The number of fused-ring (bicyclic) bond motifs is 2. The Bertz CT molecular complexity index is 822. The Kier molecular flexibility index (Phi) is 6.57. The van der Waals surface area contributed by atoms with Crippen LogP contribution in [0.5, 0.6) is 0 Å². The number of carbonyl (C=O) groups is 2. The molecular formula is C21H27N5O2. The van der Waals surface area contributed by atoms with Crippen LogP contribution in [-0.2, 0) is 11.2 Å². The van der Waals surface area contributed by atoms with Gasteiger partial charge in [0.2, 0.25) is 5.91 Å². The molecule has 0 radical (unpaired) electrons. The van der Waals surface area contributed by atoms with Crippen molar-refractivity contribution in [3.8, 4) is 0 Å². The van der Waals surface area contributed by atoms with Gasteiger partial charge in [0.15, 0.2) is 0 Å². The largest absolute Gasteiger partial charge is 0.368 e. The second kappa shape index (κ2) is 9.30. The van der Waals surface area contributed by atoms with E-state index in [1.54, 1.807) is 29.1 Å². The van der Waals surface area contributed by atoms with Crippen molar-refractivity contribution in [2.75, 3.05) is 38.5 Å². The van der Waals surface area contributed by atoms with Crippen molar-refractivity contribution in [2.24, 2.45) is 0 Å². The van der Waals surface area contributed by atoms with E-state index in [0.717, 1.165) is 36.3 Å². The lowest BCUT2D eigenvalue weighted by Crippen LogP contribution is -2.43. The fourth-order valence-corrected chi connectivity index (χ4v) is 3.10. The molecule has 1 aliphatic rings. The highest BCUT2D eigenvalue weighted by Crippen LogP contribution is 2.11. The van der Waals surface area contributed by atoms with Gasteiger partial charge < -0.3 is 15.1 Å². The van der Waals surface area contributed by atoms with Crippen LogP contribution >= 0.6 is 0 Å². The van der Waals surface area contributed by atoms with Crippen molar-refractivity contribution in [2.45, 2.75) is 26.2 Å². The van der Waals surface area contributed by atoms with E-state index < -0.39 is 0 Å². The molecule has 0 aliphatic carbocycles. The van der Waals surface area contributed by atoms with Crippen molar-refractivity contribution < 1.29 is 9.59 Å². The van der Waals surface area contributed by atoms with Crippen LogP contribution in [0, 0.1) is 6.92 Å². The molecule has 0 saturated heterocycles. The Labute approximate surface area is 165 Å². The van der Waals surface area contributed by atoms with Crippen LogP contribution in [0.3, 0.4) is 0 Å². The van der Waals surface area contributed by atoms with Gasteiger partial charge in [-0.05, 0) is 49.9 Å². The fourth-order valence-electron chi connectivity index (χ4n) is 3.10. The molecule has 3 rings (SSSR count). The number of likely N-dealkylation sites (N-methyl/N-ethyl adjacent to an activating group) is 1. The number of hydrogen-bond donors (Lipinski definition) is 1. The van der Waals surface area contributed by atoms with E-state index in [9.17, 15) is 9.59 Å². The van der Waals surface area contributed by atoms with Gasteiger partial charge in [-0.15, -0.1) is 0 Å². The summed E-state index contributed by atoms with van der Waals surface area (Å²) in [6, 6.07) is 9.53. The molecule has 28 heavy (non-hydrogen) atoms. The van der Waals surface area contributed by atoms with Gasteiger partial charge in [-0.25, -0.2) is 4.98 Å². The number of hydrogen-bond acceptors (Lipinski definition) is 5. The second-order valence-electron chi connectivity index (χ2n) is 7.16. The summed E-state index contributed by atoms with van der Waals surface area (Å²) in [6.45, 7) is 3.65. The van der Waals surface area contributed by atoms with Crippen LogP contribution in [0.15, 0.2) is 36.5 Å². The lowest BCUT2D eigenvalue weighted by Gasteiger charge is -2.25. The molecule has 1 N–H and O–H groups in total. The van der Waals surface area contributed by atoms with Crippen molar-refractivity contribution in [3.63, 3.8) is 0 Å². The molecule has 0 spiro atoms. The molecule has 2 bridgehead atoms. The van der Waals surface area contributed by atoms with Crippen molar-refractivity contribution in [1.29, 1.82) is 0 Å². The van der Waals surface area contributed by atoms with E-state index in [-0.39, 0.29) is 18.4 Å². The normalized spacial score (nSPS) is 16.3. The average Bonchev–Trinajstić information content (AvgIpc) is 2.70. The smallest absolute Gasteiger partial charge is 0.272 e. The molecule has 0 aromatic carbocycles. The predicted octanol–water partition coefficient (Wildman–Crippen LogP) is 2.13. The highest BCUT2D eigenvalue weighted by molar-refractivity contribution is 5.94. The van der Waals surface area contributed by atoms with Crippen LogP contribution < -0.4 is 5.32 Å². The van der Waals surface area contributed by atoms with Crippen LogP contribution in [0.1, 0.15) is 34.6 Å². The average molecular weight is 381 g/mol. The van der Waals surface area contributed by atoms with Crippen LogP contribution in [0.25, 0.3) is 0 Å². The Balaban J connectivity index is 1.75. The minimum absolute atomic E-state index is 0.0639. The van der Waals surface area contributed by atoms with E-state index >= 15 is 0 Å². The summed E-state index contributed by atoms with van der Waals surface area (Å²) in [5.41, 5.74) is 2.40. The second-order valence-corrected chi connectivity index (χ2v) is 7.16. The van der Waals surface area contributed by atoms with Gasteiger partial charge in [0, 0.05) is 38.6 Å². The number of nitrogens with zero attached hydrogens (tertiary/aromatic N) is 4. The third-order valence-electron chi connectivity index (χ3n) is 4.84. The van der Waals surface area contributed by atoms with Crippen LogP contribution in [0.4, 0.5) is 5.82 Å². The Hall–Kier alpha value is -2.96. The van der Waals surface area contributed by atoms with Gasteiger partial charge in [-0.3, -0.25) is 14.6 Å². The number of amides is 2. The first-order valence-electron chi connectivity index (χ1n) is 9.68. The van der Waals surface area contributed by atoms with Gasteiger partial charge in [0.1, 0.15) is 18.1 Å². The molecule has 0 saturated carbocycles. The summed E-state index contributed by atoms with van der Waals surface area (Å²) in [5.74, 6) is 0.547. The first-order chi connectivity index (χ1) is 13.5. The Morgan fingerprint density at radius 3 is 2.79 bits per heavy atom. The molecule has 148 valence electrons. The highest BCUT2D eigenvalue weighted by Gasteiger charge is 2.21. The van der Waals surface area contributed by atoms with Gasteiger partial charge in [0.05, 0.1) is 0 Å². The first kappa shape index (κ1) is 19.8. The van der Waals surface area contributed by atoms with E-state index in [1.165, 1.54) is 0 Å². The maximum absolute atomic E-state index is 12.9. The summed E-state index contributed by atoms with van der Waals surface area (Å²) in [7, 11) is 1.76. The number of anilines is 1. The fraction of sp³-hybridized carbons (Fsp3) is 0.429.